The first kappa shape index (κ1) is 15.1. The Labute approximate surface area is 125 Å². The largest absolute Gasteiger partial charge is 0.463 e. The van der Waals surface area contributed by atoms with Crippen LogP contribution in [0.1, 0.15) is 12.5 Å². The van der Waals surface area contributed by atoms with Crippen molar-refractivity contribution < 1.29 is 13.2 Å². The highest BCUT2D eigenvalue weighted by Gasteiger charge is 2.20. The quantitative estimate of drug-likeness (QED) is 0.859. The lowest BCUT2D eigenvalue weighted by Gasteiger charge is -2.06. The lowest BCUT2D eigenvalue weighted by Crippen LogP contribution is -2.14. The maximum absolute atomic E-state index is 12.2. The van der Waals surface area contributed by atoms with E-state index in [0.29, 0.717) is 6.61 Å². The molecule has 0 aliphatic rings. The second kappa shape index (κ2) is 5.99. The molecule has 2 rings (SSSR count). The minimum absolute atomic E-state index is 0.00829. The molecule has 110 valence electrons. The molecule has 0 spiro atoms. The highest BCUT2D eigenvalue weighted by atomic mass is 35.5. The number of hydrogen-bond acceptors (Lipinski definition) is 6. The number of sulfonamides is 1. The Kier molecular flexibility index (Phi) is 4.30. The van der Waals surface area contributed by atoms with Gasteiger partial charge in [0, 0.05) is 0 Å². The molecule has 0 unspecified atom stereocenters. The van der Waals surface area contributed by atoms with Gasteiger partial charge >= 0.3 is 6.01 Å². The number of H-pyrrole nitrogens is 1. The van der Waals surface area contributed by atoms with Gasteiger partial charge in [0.25, 0.3) is 10.0 Å². The molecule has 0 atom stereocenters. The van der Waals surface area contributed by atoms with Crippen molar-refractivity contribution in [2.45, 2.75) is 11.8 Å². The molecule has 0 saturated heterocycles. The van der Waals surface area contributed by atoms with E-state index in [1.807, 2.05) is 6.07 Å². The van der Waals surface area contributed by atoms with Gasteiger partial charge in [-0.1, -0.05) is 11.6 Å². The molecule has 0 radical (unpaired) electrons. The molecule has 1 heterocycles. The van der Waals surface area contributed by atoms with Crippen LogP contribution in [0.2, 0.25) is 5.02 Å². The Morgan fingerprint density at radius 3 is 2.95 bits per heavy atom. The highest BCUT2D eigenvalue weighted by molar-refractivity contribution is 7.92. The van der Waals surface area contributed by atoms with E-state index < -0.39 is 10.0 Å². The number of nitrogens with zero attached hydrogens (tertiary/aromatic N) is 3. The summed E-state index contributed by atoms with van der Waals surface area (Å²) in [5.41, 5.74) is 0.173. The topological polar surface area (TPSA) is 121 Å². The number of rotatable bonds is 5. The van der Waals surface area contributed by atoms with Crippen molar-refractivity contribution in [1.82, 2.24) is 15.2 Å². The van der Waals surface area contributed by atoms with Crippen molar-refractivity contribution in [3.05, 3.63) is 28.8 Å². The van der Waals surface area contributed by atoms with Gasteiger partial charge in [0.1, 0.15) is 4.90 Å². The summed E-state index contributed by atoms with van der Waals surface area (Å²) in [6.07, 6.45) is 0. The van der Waals surface area contributed by atoms with Crippen LogP contribution in [0, 0.1) is 11.3 Å². The molecular weight excluding hydrogens is 318 g/mol. The van der Waals surface area contributed by atoms with Gasteiger partial charge in [0.2, 0.25) is 5.95 Å². The number of benzene rings is 1. The Morgan fingerprint density at radius 2 is 2.29 bits per heavy atom. The number of nitriles is 1. The molecule has 2 N–H and O–H groups in total. The number of hydrogen-bond donors (Lipinski definition) is 2. The van der Waals surface area contributed by atoms with Gasteiger partial charge in [-0.15, -0.1) is 5.10 Å². The first-order valence-electron chi connectivity index (χ1n) is 5.74. The number of aromatic amines is 1. The van der Waals surface area contributed by atoms with E-state index >= 15 is 0 Å². The molecule has 1 aromatic carbocycles. The maximum atomic E-state index is 12.2. The fraction of sp³-hybridized carbons (Fsp3) is 0.182. The summed E-state index contributed by atoms with van der Waals surface area (Å²) in [7, 11) is -4.00. The third-order valence-corrected chi connectivity index (χ3v) is 4.14. The van der Waals surface area contributed by atoms with Gasteiger partial charge in [-0.05, 0) is 25.1 Å². The van der Waals surface area contributed by atoms with Crippen molar-refractivity contribution >= 4 is 27.6 Å². The van der Waals surface area contributed by atoms with Gasteiger partial charge in [0.05, 0.1) is 23.3 Å². The third kappa shape index (κ3) is 3.42. The number of aromatic nitrogens is 3. The predicted molar refractivity (Wildman–Crippen MR) is 74.5 cm³/mol. The number of ether oxygens (including phenoxy) is 1. The van der Waals surface area contributed by atoms with E-state index in [2.05, 4.69) is 19.9 Å². The summed E-state index contributed by atoms with van der Waals surface area (Å²) >= 11 is 5.86. The van der Waals surface area contributed by atoms with Gasteiger partial charge < -0.3 is 4.74 Å². The molecule has 0 fully saturated rings. The Balaban J connectivity index is 2.31. The van der Waals surface area contributed by atoms with Crippen LogP contribution in [0.4, 0.5) is 5.95 Å². The number of anilines is 1. The van der Waals surface area contributed by atoms with Crippen LogP contribution in [0.5, 0.6) is 6.01 Å². The van der Waals surface area contributed by atoms with Crippen molar-refractivity contribution in [1.29, 1.82) is 5.26 Å². The molecule has 0 aliphatic heterocycles. The van der Waals surface area contributed by atoms with Gasteiger partial charge in [-0.25, -0.2) is 18.2 Å². The molecule has 10 heteroatoms. The van der Waals surface area contributed by atoms with E-state index in [0.717, 1.165) is 0 Å². The SMILES string of the molecule is CCOc1n[nH]c(NS(=O)(=O)c2cc(C#N)ccc2Cl)n1. The van der Waals surface area contributed by atoms with E-state index in [-0.39, 0.29) is 27.4 Å². The Hall–Kier alpha value is -2.31. The Bertz CT molecular complexity index is 796. The van der Waals surface area contributed by atoms with Crippen molar-refractivity contribution in [2.75, 3.05) is 11.3 Å². The fourth-order valence-electron chi connectivity index (χ4n) is 1.45. The van der Waals surface area contributed by atoms with Gasteiger partial charge in [0.15, 0.2) is 0 Å². The average molecular weight is 328 g/mol. The molecule has 1 aromatic heterocycles. The van der Waals surface area contributed by atoms with Crippen LogP contribution in [0.15, 0.2) is 23.1 Å². The molecule has 0 saturated carbocycles. The monoisotopic (exact) mass is 327 g/mol. The van der Waals surface area contributed by atoms with Crippen LogP contribution >= 0.6 is 11.6 Å². The van der Waals surface area contributed by atoms with Crippen molar-refractivity contribution in [3.63, 3.8) is 0 Å². The summed E-state index contributed by atoms with van der Waals surface area (Å²) in [4.78, 5) is 3.57. The van der Waals surface area contributed by atoms with Crippen LogP contribution in [-0.4, -0.2) is 30.2 Å². The first-order valence-corrected chi connectivity index (χ1v) is 7.60. The first-order chi connectivity index (χ1) is 9.96. The molecule has 2 aromatic rings. The number of nitrogens with one attached hydrogen (secondary N) is 2. The predicted octanol–water partition coefficient (Wildman–Crippen LogP) is 1.53. The standard InChI is InChI=1S/C11H10ClN5O3S/c1-2-20-11-14-10(15-16-11)17-21(18,19)9-5-7(6-13)3-4-8(9)12/h3-5H,2H2,1H3,(H2,14,15,16,17). The van der Waals surface area contributed by atoms with Crippen LogP contribution in [-0.2, 0) is 10.0 Å². The smallest absolute Gasteiger partial charge is 0.337 e. The second-order valence-corrected chi connectivity index (χ2v) is 5.82. The minimum Gasteiger partial charge on any atom is -0.463 e. The lowest BCUT2D eigenvalue weighted by atomic mass is 10.2. The van der Waals surface area contributed by atoms with Gasteiger partial charge in [-0.2, -0.15) is 10.2 Å². The zero-order valence-electron chi connectivity index (χ0n) is 10.8. The molecule has 0 amide bonds. The summed E-state index contributed by atoms with van der Waals surface area (Å²) in [5, 5.41) is 14.9. The molecule has 0 aliphatic carbocycles. The summed E-state index contributed by atoms with van der Waals surface area (Å²) < 4.78 is 31.6. The summed E-state index contributed by atoms with van der Waals surface area (Å²) in [6.45, 7) is 2.09. The van der Waals surface area contributed by atoms with E-state index in [9.17, 15) is 8.42 Å². The minimum atomic E-state index is -4.00. The lowest BCUT2D eigenvalue weighted by molar-refractivity contribution is 0.314. The Morgan fingerprint density at radius 1 is 1.52 bits per heavy atom. The molecule has 0 bridgehead atoms. The fourth-order valence-corrected chi connectivity index (χ4v) is 2.93. The van der Waals surface area contributed by atoms with E-state index in [4.69, 9.17) is 21.6 Å². The van der Waals surface area contributed by atoms with Crippen LogP contribution < -0.4 is 9.46 Å². The van der Waals surface area contributed by atoms with E-state index in [1.54, 1.807) is 6.92 Å². The molecule has 21 heavy (non-hydrogen) atoms. The number of halogens is 1. The zero-order chi connectivity index (χ0) is 15.5. The molecule has 8 nitrogen and oxygen atoms in total. The highest BCUT2D eigenvalue weighted by Crippen LogP contribution is 2.24. The second-order valence-electron chi connectivity index (χ2n) is 3.76. The van der Waals surface area contributed by atoms with Crippen LogP contribution in [0.25, 0.3) is 0 Å². The maximum Gasteiger partial charge on any atom is 0.337 e. The molecular formula is C11H10ClN5O3S. The van der Waals surface area contributed by atoms with Crippen molar-refractivity contribution in [3.8, 4) is 12.1 Å². The van der Waals surface area contributed by atoms with Crippen LogP contribution in [0.3, 0.4) is 0 Å². The average Bonchev–Trinajstić information content (AvgIpc) is 2.86. The zero-order valence-corrected chi connectivity index (χ0v) is 12.4. The van der Waals surface area contributed by atoms with Gasteiger partial charge in [-0.3, -0.25) is 0 Å². The third-order valence-electron chi connectivity index (χ3n) is 2.32. The van der Waals surface area contributed by atoms with Crippen molar-refractivity contribution in [2.24, 2.45) is 0 Å². The normalized spacial score (nSPS) is 10.9. The van der Waals surface area contributed by atoms with E-state index in [1.165, 1.54) is 18.2 Å². The summed E-state index contributed by atoms with van der Waals surface area (Å²) in [6, 6.07) is 5.79. The summed E-state index contributed by atoms with van der Waals surface area (Å²) in [5.74, 6) is -0.114.